The van der Waals surface area contributed by atoms with Crippen molar-refractivity contribution in [2.24, 2.45) is 0 Å². The van der Waals surface area contributed by atoms with Crippen molar-refractivity contribution in [3.63, 3.8) is 0 Å². The highest BCUT2D eigenvalue weighted by atomic mass is 32.2. The van der Waals surface area contributed by atoms with E-state index in [0.29, 0.717) is 6.54 Å². The zero-order chi connectivity index (χ0) is 17.2. The van der Waals surface area contributed by atoms with Crippen LogP contribution in [0.2, 0.25) is 0 Å². The van der Waals surface area contributed by atoms with Gasteiger partial charge >= 0.3 is 0 Å². The molecule has 0 spiro atoms. The molecule has 0 N–H and O–H groups in total. The summed E-state index contributed by atoms with van der Waals surface area (Å²) in [6.45, 7) is 4.58. The molecule has 23 heavy (non-hydrogen) atoms. The van der Waals surface area contributed by atoms with E-state index in [1.807, 2.05) is 13.8 Å². The first-order valence-corrected chi connectivity index (χ1v) is 8.44. The summed E-state index contributed by atoms with van der Waals surface area (Å²) in [5.41, 5.74) is 1.20. The Morgan fingerprint density at radius 3 is 2.57 bits per heavy atom. The van der Waals surface area contributed by atoms with Crippen molar-refractivity contribution in [1.82, 2.24) is 14.1 Å². The van der Waals surface area contributed by atoms with E-state index in [1.165, 1.54) is 31.3 Å². The van der Waals surface area contributed by atoms with E-state index >= 15 is 0 Å². The van der Waals surface area contributed by atoms with Crippen LogP contribution in [0.4, 0.5) is 5.69 Å². The molecule has 9 heteroatoms. The van der Waals surface area contributed by atoms with Gasteiger partial charge in [0.05, 0.1) is 11.1 Å². The van der Waals surface area contributed by atoms with E-state index in [1.54, 1.807) is 10.9 Å². The summed E-state index contributed by atoms with van der Waals surface area (Å²) in [4.78, 5) is 10.0. The molecule has 0 atom stereocenters. The second-order valence-electron chi connectivity index (χ2n) is 5.06. The van der Waals surface area contributed by atoms with E-state index in [4.69, 9.17) is 0 Å². The summed E-state index contributed by atoms with van der Waals surface area (Å²) in [5.74, 6) is 0. The summed E-state index contributed by atoms with van der Waals surface area (Å²) in [6.07, 6.45) is 1.62. The number of nitro benzene ring substituents is 1. The Morgan fingerprint density at radius 2 is 2.00 bits per heavy atom. The Hall–Kier alpha value is -2.26. The number of aromatic nitrogens is 2. The number of aryl methyl sites for hydroxylation is 1. The van der Waals surface area contributed by atoms with E-state index in [9.17, 15) is 18.5 Å². The van der Waals surface area contributed by atoms with Crippen LogP contribution in [-0.2, 0) is 23.1 Å². The van der Waals surface area contributed by atoms with Crippen molar-refractivity contribution in [3.8, 4) is 0 Å². The maximum absolute atomic E-state index is 12.6. The number of rotatable bonds is 6. The SMILES string of the molecule is CCn1ncc(CN(C)S(=O)(=O)c2ccccc2[N+](=O)[O-])c1C. The predicted molar refractivity (Wildman–Crippen MR) is 84.4 cm³/mol. The molecule has 0 aliphatic rings. The second kappa shape index (κ2) is 6.47. The topological polar surface area (TPSA) is 98.3 Å². The molecule has 0 saturated carbocycles. The fourth-order valence-corrected chi connectivity index (χ4v) is 3.58. The third-order valence-electron chi connectivity index (χ3n) is 3.65. The van der Waals surface area contributed by atoms with Gasteiger partial charge in [-0.1, -0.05) is 12.1 Å². The molecular formula is C14H18N4O4S. The number of nitrogens with zero attached hydrogens (tertiary/aromatic N) is 4. The molecule has 124 valence electrons. The average molecular weight is 338 g/mol. The minimum Gasteiger partial charge on any atom is -0.270 e. The molecule has 1 aromatic heterocycles. The zero-order valence-electron chi connectivity index (χ0n) is 13.1. The summed E-state index contributed by atoms with van der Waals surface area (Å²) < 4.78 is 28.1. The third-order valence-corrected chi connectivity index (χ3v) is 5.50. The number of nitro groups is 1. The third kappa shape index (κ3) is 3.25. The van der Waals surface area contributed by atoms with Crippen molar-refractivity contribution in [2.75, 3.05) is 7.05 Å². The average Bonchev–Trinajstić information content (AvgIpc) is 2.87. The molecule has 0 radical (unpaired) electrons. The van der Waals surface area contributed by atoms with Crippen LogP contribution in [0.15, 0.2) is 35.4 Å². The molecule has 0 unspecified atom stereocenters. The van der Waals surface area contributed by atoms with Gasteiger partial charge in [0.25, 0.3) is 5.69 Å². The first kappa shape index (κ1) is 17.1. The lowest BCUT2D eigenvalue weighted by atomic mass is 10.2. The lowest BCUT2D eigenvalue weighted by molar-refractivity contribution is -0.387. The van der Waals surface area contributed by atoms with Crippen molar-refractivity contribution in [2.45, 2.75) is 31.8 Å². The zero-order valence-corrected chi connectivity index (χ0v) is 13.9. The molecule has 0 aliphatic heterocycles. The van der Waals surface area contributed by atoms with Gasteiger partial charge in [0.1, 0.15) is 0 Å². The van der Waals surface area contributed by atoms with Crippen LogP contribution in [0.3, 0.4) is 0 Å². The van der Waals surface area contributed by atoms with Gasteiger partial charge in [-0.25, -0.2) is 8.42 Å². The molecule has 1 aromatic carbocycles. The van der Waals surface area contributed by atoms with Gasteiger partial charge in [0.15, 0.2) is 4.90 Å². The van der Waals surface area contributed by atoms with Gasteiger partial charge < -0.3 is 0 Å². The van der Waals surface area contributed by atoms with Crippen molar-refractivity contribution >= 4 is 15.7 Å². The number of hydrogen-bond donors (Lipinski definition) is 0. The van der Waals surface area contributed by atoms with Gasteiger partial charge in [-0.05, 0) is 19.9 Å². The van der Waals surface area contributed by atoms with Crippen molar-refractivity contribution < 1.29 is 13.3 Å². The molecule has 2 rings (SSSR count). The number of benzene rings is 1. The summed E-state index contributed by atoms with van der Waals surface area (Å²) in [6, 6.07) is 5.33. The normalized spacial score (nSPS) is 11.8. The fourth-order valence-electron chi connectivity index (χ4n) is 2.28. The van der Waals surface area contributed by atoms with Crippen LogP contribution in [0.5, 0.6) is 0 Å². The maximum atomic E-state index is 12.6. The van der Waals surface area contributed by atoms with E-state index < -0.39 is 20.6 Å². The first-order chi connectivity index (χ1) is 10.8. The van der Waals surface area contributed by atoms with Gasteiger partial charge in [0.2, 0.25) is 10.0 Å². The van der Waals surface area contributed by atoms with Gasteiger partial charge in [0, 0.05) is 37.5 Å². The lowest BCUT2D eigenvalue weighted by Gasteiger charge is -2.17. The Kier molecular flexibility index (Phi) is 4.81. The molecule has 0 aliphatic carbocycles. The van der Waals surface area contributed by atoms with Crippen LogP contribution < -0.4 is 0 Å². The van der Waals surface area contributed by atoms with Crippen LogP contribution in [0.25, 0.3) is 0 Å². The molecule has 1 heterocycles. The quantitative estimate of drug-likeness (QED) is 0.592. The Labute approximate surface area is 134 Å². The lowest BCUT2D eigenvalue weighted by Crippen LogP contribution is -2.27. The highest BCUT2D eigenvalue weighted by Gasteiger charge is 2.29. The summed E-state index contributed by atoms with van der Waals surface area (Å²) in [7, 11) is -2.57. The predicted octanol–water partition coefficient (Wildman–Crippen LogP) is 1.94. The highest BCUT2D eigenvalue weighted by molar-refractivity contribution is 7.89. The van der Waals surface area contributed by atoms with Crippen molar-refractivity contribution in [1.29, 1.82) is 0 Å². The molecule has 0 saturated heterocycles. The number of para-hydroxylation sites is 1. The molecule has 0 amide bonds. The van der Waals surface area contributed by atoms with Gasteiger partial charge in [-0.15, -0.1) is 0 Å². The largest absolute Gasteiger partial charge is 0.289 e. The first-order valence-electron chi connectivity index (χ1n) is 7.00. The monoisotopic (exact) mass is 338 g/mol. The molecule has 8 nitrogen and oxygen atoms in total. The minimum absolute atomic E-state index is 0.0974. The Balaban J connectivity index is 2.36. The number of sulfonamides is 1. The van der Waals surface area contributed by atoms with Crippen LogP contribution >= 0.6 is 0 Å². The van der Waals surface area contributed by atoms with Crippen LogP contribution in [0.1, 0.15) is 18.2 Å². The standard InChI is InChI=1S/C14H18N4O4S/c1-4-17-11(2)12(9-15-17)10-16(3)23(21,22)14-8-6-5-7-13(14)18(19)20/h5-9H,4,10H2,1-3H3. The van der Waals surface area contributed by atoms with Crippen molar-refractivity contribution in [3.05, 3.63) is 51.8 Å². The van der Waals surface area contributed by atoms with E-state index in [2.05, 4.69) is 5.10 Å². The minimum atomic E-state index is -3.97. The molecular weight excluding hydrogens is 320 g/mol. The maximum Gasteiger partial charge on any atom is 0.289 e. The molecule has 0 fully saturated rings. The smallest absolute Gasteiger partial charge is 0.270 e. The molecule has 2 aromatic rings. The van der Waals surface area contributed by atoms with E-state index in [-0.39, 0.29) is 11.4 Å². The van der Waals surface area contributed by atoms with Gasteiger partial charge in [-0.3, -0.25) is 14.8 Å². The summed E-state index contributed by atoms with van der Waals surface area (Å²) in [5, 5.41) is 15.2. The van der Waals surface area contributed by atoms with Crippen LogP contribution in [0, 0.1) is 17.0 Å². The Morgan fingerprint density at radius 1 is 1.35 bits per heavy atom. The molecule has 0 bridgehead atoms. The van der Waals surface area contributed by atoms with E-state index in [0.717, 1.165) is 15.6 Å². The van der Waals surface area contributed by atoms with Crippen LogP contribution in [-0.4, -0.2) is 34.5 Å². The summed E-state index contributed by atoms with van der Waals surface area (Å²) >= 11 is 0. The fraction of sp³-hybridized carbons (Fsp3) is 0.357. The second-order valence-corrected chi connectivity index (χ2v) is 7.07. The highest BCUT2D eigenvalue weighted by Crippen LogP contribution is 2.26. The van der Waals surface area contributed by atoms with Gasteiger partial charge in [-0.2, -0.15) is 9.40 Å². The Bertz CT molecular complexity index is 829. The number of hydrogen-bond acceptors (Lipinski definition) is 5.